The van der Waals surface area contributed by atoms with Crippen LogP contribution in [0.3, 0.4) is 0 Å². The van der Waals surface area contributed by atoms with E-state index in [2.05, 4.69) is 38.3 Å². The van der Waals surface area contributed by atoms with Crippen molar-refractivity contribution in [1.29, 1.82) is 5.26 Å². The van der Waals surface area contributed by atoms with Gasteiger partial charge in [-0.1, -0.05) is 12.1 Å². The zero-order valence-electron chi connectivity index (χ0n) is 18.3. The van der Waals surface area contributed by atoms with Crippen molar-refractivity contribution in [3.8, 4) is 34.2 Å². The Labute approximate surface area is 198 Å². The van der Waals surface area contributed by atoms with Crippen LogP contribution in [0.4, 0.5) is 11.5 Å². The van der Waals surface area contributed by atoms with Crippen LogP contribution in [0.5, 0.6) is 5.75 Å². The van der Waals surface area contributed by atoms with Crippen LogP contribution >= 0.6 is 12.4 Å². The quantitative estimate of drug-likeness (QED) is 0.388. The lowest BCUT2D eigenvalue weighted by molar-refractivity contribution is 0.471. The zero-order chi connectivity index (χ0) is 22.2. The molecule has 2 aromatic heterocycles. The molecule has 1 fully saturated rings. The van der Waals surface area contributed by atoms with Crippen molar-refractivity contribution in [1.82, 2.24) is 15.2 Å². The predicted molar refractivity (Wildman–Crippen MR) is 134 cm³/mol. The van der Waals surface area contributed by atoms with Crippen molar-refractivity contribution in [2.75, 3.05) is 23.7 Å². The molecule has 7 nitrogen and oxygen atoms in total. The molecule has 33 heavy (non-hydrogen) atoms. The lowest BCUT2D eigenvalue weighted by Gasteiger charge is -2.29. The van der Waals surface area contributed by atoms with Gasteiger partial charge in [0.2, 0.25) is 0 Å². The van der Waals surface area contributed by atoms with E-state index in [0.717, 1.165) is 29.8 Å². The standard InChI is InChI=1S/C25H24N6O.ClH/c1-15-13-17(7-10-20(15)32)23-19(14-26)21(22-24(27)29-30-25(22)28-23)16-5-8-18(9-6-16)31-11-3-2-4-12-31;/h5-10,13,32H,2-4,11-12H2,1H3,(H3,27,28,29,30);1H. The molecule has 1 aliphatic heterocycles. The Morgan fingerprint density at radius 3 is 2.42 bits per heavy atom. The van der Waals surface area contributed by atoms with E-state index in [1.165, 1.54) is 24.9 Å². The second-order valence-corrected chi connectivity index (χ2v) is 8.25. The minimum absolute atomic E-state index is 0. The van der Waals surface area contributed by atoms with Crippen molar-refractivity contribution >= 4 is 34.9 Å². The van der Waals surface area contributed by atoms with E-state index in [9.17, 15) is 10.4 Å². The number of aromatic hydroxyl groups is 1. The summed E-state index contributed by atoms with van der Waals surface area (Å²) >= 11 is 0. The van der Waals surface area contributed by atoms with Gasteiger partial charge in [-0.3, -0.25) is 5.10 Å². The van der Waals surface area contributed by atoms with Crippen LogP contribution in [0.25, 0.3) is 33.4 Å². The molecule has 5 rings (SSSR count). The molecule has 0 radical (unpaired) electrons. The fourth-order valence-corrected chi connectivity index (χ4v) is 4.48. The van der Waals surface area contributed by atoms with Crippen molar-refractivity contribution < 1.29 is 5.11 Å². The Morgan fingerprint density at radius 2 is 1.76 bits per heavy atom. The number of fused-ring (bicyclic) bond motifs is 1. The smallest absolute Gasteiger partial charge is 0.184 e. The van der Waals surface area contributed by atoms with E-state index in [1.54, 1.807) is 12.1 Å². The highest BCUT2D eigenvalue weighted by Gasteiger charge is 2.22. The molecule has 3 heterocycles. The first kappa shape index (κ1) is 22.4. The number of nitriles is 1. The lowest BCUT2D eigenvalue weighted by Crippen LogP contribution is -2.29. The Balaban J connectivity index is 0.00000259. The third kappa shape index (κ3) is 3.94. The van der Waals surface area contributed by atoms with Crippen LogP contribution in [0, 0.1) is 18.3 Å². The Morgan fingerprint density at radius 1 is 1.06 bits per heavy atom. The van der Waals surface area contributed by atoms with Crippen LogP contribution in [0.2, 0.25) is 0 Å². The molecule has 0 spiro atoms. The van der Waals surface area contributed by atoms with Gasteiger partial charge in [0.15, 0.2) is 5.65 Å². The number of phenols is 1. The molecular weight excluding hydrogens is 436 g/mol. The number of pyridine rings is 1. The maximum absolute atomic E-state index is 10.2. The largest absolute Gasteiger partial charge is 0.508 e. The van der Waals surface area contributed by atoms with Crippen LogP contribution in [0.15, 0.2) is 42.5 Å². The summed E-state index contributed by atoms with van der Waals surface area (Å²) in [6.45, 7) is 3.96. The number of aromatic nitrogens is 3. The zero-order valence-corrected chi connectivity index (χ0v) is 19.1. The van der Waals surface area contributed by atoms with Crippen molar-refractivity contribution in [2.45, 2.75) is 26.2 Å². The number of aryl methyl sites for hydroxylation is 1. The summed E-state index contributed by atoms with van der Waals surface area (Å²) in [7, 11) is 0. The molecule has 0 bridgehead atoms. The topological polar surface area (TPSA) is 115 Å². The number of aromatic amines is 1. The summed E-state index contributed by atoms with van der Waals surface area (Å²) in [5.74, 6) is 0.582. The molecule has 4 aromatic rings. The Kier molecular flexibility index (Phi) is 6.12. The number of piperidine rings is 1. The second kappa shape index (κ2) is 9.00. The van der Waals surface area contributed by atoms with Gasteiger partial charge in [-0.05, 0) is 67.6 Å². The minimum Gasteiger partial charge on any atom is -0.508 e. The SMILES string of the molecule is Cc1cc(-c2nc3n[nH]c(N)c3c(-c3ccc(N4CCCCC4)cc3)c2C#N)ccc1O.Cl. The fraction of sp³-hybridized carbons (Fsp3) is 0.240. The highest BCUT2D eigenvalue weighted by molar-refractivity contribution is 6.04. The molecule has 4 N–H and O–H groups in total. The normalized spacial score (nSPS) is 13.5. The van der Waals surface area contributed by atoms with E-state index in [4.69, 9.17) is 5.73 Å². The number of hydrogen-bond acceptors (Lipinski definition) is 6. The molecule has 1 aliphatic rings. The molecule has 2 aromatic carbocycles. The van der Waals surface area contributed by atoms with Crippen molar-refractivity contribution in [3.05, 3.63) is 53.6 Å². The number of benzene rings is 2. The van der Waals surface area contributed by atoms with Crippen LogP contribution in [-0.4, -0.2) is 33.4 Å². The number of H-pyrrole nitrogens is 1. The molecular formula is C25H25ClN6O. The number of nitrogens with two attached hydrogens (primary N) is 1. The van der Waals surface area contributed by atoms with Crippen LogP contribution < -0.4 is 10.6 Å². The summed E-state index contributed by atoms with van der Waals surface area (Å²) in [6, 6.07) is 15.8. The van der Waals surface area contributed by atoms with Crippen molar-refractivity contribution in [3.63, 3.8) is 0 Å². The maximum Gasteiger partial charge on any atom is 0.184 e. The third-order valence-corrected chi connectivity index (χ3v) is 6.19. The molecule has 0 amide bonds. The van der Waals surface area contributed by atoms with E-state index in [-0.39, 0.29) is 18.2 Å². The first-order chi connectivity index (χ1) is 15.6. The first-order valence-corrected chi connectivity index (χ1v) is 10.8. The molecule has 0 atom stereocenters. The number of nitrogens with zero attached hydrogens (tertiary/aromatic N) is 4. The number of nitrogens with one attached hydrogen (secondary N) is 1. The van der Waals surface area contributed by atoms with Gasteiger partial charge in [0.25, 0.3) is 0 Å². The third-order valence-electron chi connectivity index (χ3n) is 6.19. The molecule has 1 saturated heterocycles. The van der Waals surface area contributed by atoms with Crippen LogP contribution in [-0.2, 0) is 0 Å². The molecule has 8 heteroatoms. The lowest BCUT2D eigenvalue weighted by atomic mass is 9.93. The fourth-order valence-electron chi connectivity index (χ4n) is 4.48. The van der Waals surface area contributed by atoms with E-state index in [0.29, 0.717) is 33.7 Å². The number of nitrogen functional groups attached to an aromatic ring is 1. The van der Waals surface area contributed by atoms with E-state index < -0.39 is 0 Å². The Hall–Kier alpha value is -3.76. The van der Waals surface area contributed by atoms with Gasteiger partial charge in [0, 0.05) is 29.9 Å². The Bertz CT molecular complexity index is 1350. The van der Waals surface area contributed by atoms with Gasteiger partial charge >= 0.3 is 0 Å². The summed E-state index contributed by atoms with van der Waals surface area (Å²) < 4.78 is 0. The predicted octanol–water partition coefficient (Wildman–Crippen LogP) is 5.17. The van der Waals surface area contributed by atoms with Crippen molar-refractivity contribution in [2.24, 2.45) is 0 Å². The summed E-state index contributed by atoms with van der Waals surface area (Å²) in [6.07, 6.45) is 3.72. The maximum atomic E-state index is 10.2. The monoisotopic (exact) mass is 460 g/mol. The van der Waals surface area contributed by atoms with Gasteiger partial charge < -0.3 is 15.7 Å². The average Bonchev–Trinajstić information content (AvgIpc) is 3.20. The second-order valence-electron chi connectivity index (χ2n) is 8.25. The number of hydrogen-bond donors (Lipinski definition) is 3. The minimum atomic E-state index is 0. The number of anilines is 2. The summed E-state index contributed by atoms with van der Waals surface area (Å²) in [5, 5.41) is 27.8. The summed E-state index contributed by atoms with van der Waals surface area (Å²) in [5.41, 5.74) is 11.9. The van der Waals surface area contributed by atoms with Gasteiger partial charge in [-0.25, -0.2) is 4.98 Å². The van der Waals surface area contributed by atoms with Gasteiger partial charge in [0.05, 0.1) is 16.6 Å². The van der Waals surface area contributed by atoms with Gasteiger partial charge in [0.1, 0.15) is 17.6 Å². The highest BCUT2D eigenvalue weighted by atomic mass is 35.5. The van der Waals surface area contributed by atoms with E-state index in [1.807, 2.05) is 25.1 Å². The average molecular weight is 461 g/mol. The van der Waals surface area contributed by atoms with Gasteiger partial charge in [-0.15, -0.1) is 12.4 Å². The summed E-state index contributed by atoms with van der Waals surface area (Å²) in [4.78, 5) is 7.05. The van der Waals surface area contributed by atoms with E-state index >= 15 is 0 Å². The number of rotatable bonds is 3. The molecule has 0 aliphatic carbocycles. The number of phenolic OH excluding ortho intramolecular Hbond substituents is 1. The van der Waals surface area contributed by atoms with Gasteiger partial charge in [-0.2, -0.15) is 10.4 Å². The molecule has 0 unspecified atom stereocenters. The molecule has 0 saturated carbocycles. The molecule has 168 valence electrons. The first-order valence-electron chi connectivity index (χ1n) is 10.8. The highest BCUT2D eigenvalue weighted by Crippen LogP contribution is 2.39. The number of halogens is 1. The van der Waals surface area contributed by atoms with Crippen LogP contribution in [0.1, 0.15) is 30.4 Å².